The van der Waals surface area contributed by atoms with Gasteiger partial charge < -0.3 is 5.32 Å². The smallest absolute Gasteiger partial charge is 0.0769 e. The zero-order valence-electron chi connectivity index (χ0n) is 10.7. The molecule has 0 amide bonds. The Morgan fingerprint density at radius 2 is 2.28 bits per heavy atom. The van der Waals surface area contributed by atoms with Crippen molar-refractivity contribution < 1.29 is 0 Å². The van der Waals surface area contributed by atoms with E-state index in [0.29, 0.717) is 0 Å². The lowest BCUT2D eigenvalue weighted by atomic mass is 9.90. The zero-order valence-corrected chi connectivity index (χ0v) is 11.5. The van der Waals surface area contributed by atoms with E-state index in [2.05, 4.69) is 29.6 Å². The van der Waals surface area contributed by atoms with Crippen molar-refractivity contribution in [1.82, 2.24) is 5.32 Å². The Kier molecular flexibility index (Phi) is 3.09. The quantitative estimate of drug-likeness (QED) is 0.903. The lowest BCUT2D eigenvalue weighted by Crippen LogP contribution is -2.25. The predicted octanol–water partition coefficient (Wildman–Crippen LogP) is 3.29. The van der Waals surface area contributed by atoms with Crippen molar-refractivity contribution in [3.8, 4) is 6.07 Å². The average molecular weight is 258 g/mol. The third-order valence-corrected chi connectivity index (χ3v) is 5.32. The number of nitriles is 1. The summed E-state index contributed by atoms with van der Waals surface area (Å²) in [4.78, 5) is 1.43. The molecule has 0 radical (unpaired) electrons. The summed E-state index contributed by atoms with van der Waals surface area (Å²) in [7, 11) is 1.97. The number of nitrogens with zero attached hydrogens (tertiary/aromatic N) is 1. The number of hydrogen-bond acceptors (Lipinski definition) is 3. The SMILES string of the molecule is CNC(c1ccc2c(c1)CCCS2)C1(C#N)CC1. The van der Waals surface area contributed by atoms with Gasteiger partial charge in [-0.1, -0.05) is 12.1 Å². The van der Waals surface area contributed by atoms with Gasteiger partial charge in [0.25, 0.3) is 0 Å². The first kappa shape index (κ1) is 12.1. The number of nitrogens with one attached hydrogen (secondary N) is 1. The molecule has 1 aliphatic carbocycles. The number of hydrogen-bond donors (Lipinski definition) is 1. The summed E-state index contributed by atoms with van der Waals surface area (Å²) in [5.74, 6) is 1.24. The van der Waals surface area contributed by atoms with Crippen molar-refractivity contribution in [2.45, 2.75) is 36.6 Å². The summed E-state index contributed by atoms with van der Waals surface area (Å²) in [5, 5.41) is 12.7. The summed E-state index contributed by atoms with van der Waals surface area (Å²) in [5.41, 5.74) is 2.61. The molecule has 1 saturated carbocycles. The molecule has 0 aromatic heterocycles. The summed E-state index contributed by atoms with van der Waals surface area (Å²) < 4.78 is 0. The lowest BCUT2D eigenvalue weighted by molar-refractivity contribution is 0.443. The molecule has 1 heterocycles. The molecule has 2 nitrogen and oxygen atoms in total. The van der Waals surface area contributed by atoms with Crippen LogP contribution in [-0.2, 0) is 6.42 Å². The maximum atomic E-state index is 9.36. The summed E-state index contributed by atoms with van der Waals surface area (Å²) in [6.45, 7) is 0. The van der Waals surface area contributed by atoms with Crippen molar-refractivity contribution in [3.05, 3.63) is 29.3 Å². The van der Waals surface area contributed by atoms with Gasteiger partial charge >= 0.3 is 0 Å². The number of aryl methyl sites for hydroxylation is 1. The second-order valence-corrected chi connectivity index (χ2v) is 6.45. The highest BCUT2D eigenvalue weighted by molar-refractivity contribution is 7.99. The normalized spacial score (nSPS) is 21.8. The first-order valence-electron chi connectivity index (χ1n) is 6.63. The minimum Gasteiger partial charge on any atom is -0.312 e. The fourth-order valence-corrected chi connectivity index (χ4v) is 3.94. The van der Waals surface area contributed by atoms with E-state index >= 15 is 0 Å². The van der Waals surface area contributed by atoms with Crippen LogP contribution in [0.5, 0.6) is 0 Å². The Morgan fingerprint density at radius 1 is 1.44 bits per heavy atom. The van der Waals surface area contributed by atoms with Crippen LogP contribution in [0, 0.1) is 16.7 Å². The van der Waals surface area contributed by atoms with Gasteiger partial charge in [-0.15, -0.1) is 11.8 Å². The van der Waals surface area contributed by atoms with Crippen molar-refractivity contribution in [3.63, 3.8) is 0 Å². The molecule has 3 rings (SSSR count). The molecule has 1 N–H and O–H groups in total. The molecule has 1 atom stereocenters. The van der Waals surface area contributed by atoms with Crippen molar-refractivity contribution in [2.24, 2.45) is 5.41 Å². The Hall–Kier alpha value is -0.980. The fraction of sp³-hybridized carbons (Fsp3) is 0.533. The Morgan fingerprint density at radius 3 is 2.94 bits per heavy atom. The van der Waals surface area contributed by atoms with Gasteiger partial charge in [-0.05, 0) is 55.7 Å². The van der Waals surface area contributed by atoms with Crippen LogP contribution in [0.15, 0.2) is 23.1 Å². The van der Waals surface area contributed by atoms with E-state index in [-0.39, 0.29) is 11.5 Å². The Labute approximate surface area is 113 Å². The first-order chi connectivity index (χ1) is 8.79. The van der Waals surface area contributed by atoms with Gasteiger partial charge in [0.2, 0.25) is 0 Å². The van der Waals surface area contributed by atoms with E-state index < -0.39 is 0 Å². The van der Waals surface area contributed by atoms with Crippen molar-refractivity contribution >= 4 is 11.8 Å². The molecule has 2 aliphatic rings. The van der Waals surface area contributed by atoms with Crippen LogP contribution < -0.4 is 5.32 Å². The molecule has 3 heteroatoms. The predicted molar refractivity (Wildman–Crippen MR) is 74.6 cm³/mol. The van der Waals surface area contributed by atoms with Crippen LogP contribution in [0.3, 0.4) is 0 Å². The molecular weight excluding hydrogens is 240 g/mol. The van der Waals surface area contributed by atoms with Crippen molar-refractivity contribution in [1.29, 1.82) is 5.26 Å². The molecule has 1 fully saturated rings. The number of fused-ring (bicyclic) bond motifs is 1. The van der Waals surface area contributed by atoms with E-state index in [1.807, 2.05) is 18.8 Å². The monoisotopic (exact) mass is 258 g/mol. The topological polar surface area (TPSA) is 35.8 Å². The van der Waals surface area contributed by atoms with Crippen LogP contribution in [0.4, 0.5) is 0 Å². The summed E-state index contributed by atoms with van der Waals surface area (Å²) in [6.07, 6.45) is 4.52. The third-order valence-electron chi connectivity index (χ3n) is 4.12. The highest BCUT2D eigenvalue weighted by atomic mass is 32.2. The van der Waals surface area contributed by atoms with Crippen LogP contribution in [0.2, 0.25) is 0 Å². The van der Waals surface area contributed by atoms with Crippen LogP contribution in [0.25, 0.3) is 0 Å². The third kappa shape index (κ3) is 1.94. The van der Waals surface area contributed by atoms with E-state index in [9.17, 15) is 5.26 Å². The average Bonchev–Trinajstić information content (AvgIpc) is 3.20. The molecule has 1 unspecified atom stereocenters. The summed E-state index contributed by atoms with van der Waals surface area (Å²) in [6, 6.07) is 9.47. The molecule has 0 bridgehead atoms. The highest BCUT2D eigenvalue weighted by Gasteiger charge is 2.50. The van der Waals surface area contributed by atoms with Gasteiger partial charge in [0, 0.05) is 4.90 Å². The molecule has 1 aromatic rings. The van der Waals surface area contributed by atoms with Gasteiger partial charge in [-0.3, -0.25) is 0 Å². The van der Waals surface area contributed by atoms with Gasteiger partial charge in [0.1, 0.15) is 0 Å². The van der Waals surface area contributed by atoms with Crippen LogP contribution >= 0.6 is 11.8 Å². The number of rotatable bonds is 3. The largest absolute Gasteiger partial charge is 0.312 e. The Balaban J connectivity index is 1.94. The minimum absolute atomic E-state index is 0.148. The minimum atomic E-state index is -0.148. The summed E-state index contributed by atoms with van der Waals surface area (Å²) >= 11 is 1.96. The van der Waals surface area contributed by atoms with Crippen molar-refractivity contribution in [2.75, 3.05) is 12.8 Å². The Bertz CT molecular complexity index is 500. The van der Waals surface area contributed by atoms with Crippen LogP contribution in [0.1, 0.15) is 36.4 Å². The molecule has 18 heavy (non-hydrogen) atoms. The second kappa shape index (κ2) is 4.60. The van der Waals surface area contributed by atoms with E-state index in [1.165, 1.54) is 34.6 Å². The number of benzene rings is 1. The molecular formula is C15H18N2S. The van der Waals surface area contributed by atoms with Gasteiger partial charge in [-0.2, -0.15) is 5.26 Å². The highest BCUT2D eigenvalue weighted by Crippen LogP contribution is 2.54. The lowest BCUT2D eigenvalue weighted by Gasteiger charge is -2.24. The standard InChI is InChI=1S/C15H18N2S/c1-17-14(15(10-16)6-7-15)12-4-5-13-11(9-12)3-2-8-18-13/h4-5,9,14,17H,2-3,6-8H2,1H3. The number of thioether (sulfide) groups is 1. The molecule has 0 spiro atoms. The van der Waals surface area contributed by atoms with E-state index in [1.54, 1.807) is 0 Å². The van der Waals surface area contributed by atoms with Gasteiger partial charge in [0.05, 0.1) is 17.5 Å². The second-order valence-electron chi connectivity index (χ2n) is 5.31. The van der Waals surface area contributed by atoms with Gasteiger partial charge in [-0.25, -0.2) is 0 Å². The molecule has 1 aliphatic heterocycles. The fourth-order valence-electron chi connectivity index (χ4n) is 2.92. The maximum absolute atomic E-state index is 9.36. The van der Waals surface area contributed by atoms with E-state index in [4.69, 9.17) is 0 Å². The molecule has 0 saturated heterocycles. The molecule has 94 valence electrons. The maximum Gasteiger partial charge on any atom is 0.0769 e. The zero-order chi connectivity index (χ0) is 12.6. The van der Waals surface area contributed by atoms with Gasteiger partial charge in [0.15, 0.2) is 0 Å². The van der Waals surface area contributed by atoms with Crippen LogP contribution in [-0.4, -0.2) is 12.8 Å². The first-order valence-corrected chi connectivity index (χ1v) is 7.62. The molecule has 1 aromatic carbocycles. The van der Waals surface area contributed by atoms with E-state index in [0.717, 1.165) is 12.8 Å².